The topological polar surface area (TPSA) is 28.7 Å². The molecule has 1 aromatic carbocycles. The van der Waals surface area contributed by atoms with E-state index in [0.717, 1.165) is 12.1 Å². The van der Waals surface area contributed by atoms with Crippen molar-refractivity contribution in [2.75, 3.05) is 0 Å². The molecule has 0 saturated heterocycles. The molecule has 14 heavy (non-hydrogen) atoms. The lowest BCUT2D eigenvalue weighted by Gasteiger charge is -2.00. The van der Waals surface area contributed by atoms with Gasteiger partial charge in [0.15, 0.2) is 0 Å². The van der Waals surface area contributed by atoms with Crippen LogP contribution in [0.4, 0.5) is 0 Å². The van der Waals surface area contributed by atoms with Crippen molar-refractivity contribution in [1.82, 2.24) is 10.2 Å². The summed E-state index contributed by atoms with van der Waals surface area (Å²) in [5, 5.41) is 6.99. The molecule has 2 rings (SSSR count). The largest absolute Gasteiger partial charge is 0.285 e. The number of hydrogen-bond donors (Lipinski definition) is 1. The molecule has 2 nitrogen and oxygen atoms in total. The Bertz CT molecular complexity index is 412. The normalized spacial score (nSPS) is 10.4. The molecule has 0 atom stereocenters. The fourth-order valence-electron chi connectivity index (χ4n) is 1.57. The van der Waals surface area contributed by atoms with Crippen molar-refractivity contribution in [2.45, 2.75) is 20.3 Å². The summed E-state index contributed by atoms with van der Waals surface area (Å²) in [4.78, 5) is 0. The molecule has 0 unspecified atom stereocenters. The smallest absolute Gasteiger partial charge is 0.0669 e. The average molecular weight is 186 g/mol. The second-order valence-electron chi connectivity index (χ2n) is 3.43. The van der Waals surface area contributed by atoms with Gasteiger partial charge in [0.25, 0.3) is 0 Å². The van der Waals surface area contributed by atoms with Crippen LogP contribution in [0.3, 0.4) is 0 Å². The van der Waals surface area contributed by atoms with Gasteiger partial charge in [0.05, 0.1) is 5.69 Å². The van der Waals surface area contributed by atoms with Crippen molar-refractivity contribution >= 4 is 0 Å². The molecule has 0 amide bonds. The number of aryl methyl sites for hydroxylation is 2. The standard InChI is InChI=1S/C12H14N2/c1-3-10-4-6-11(7-5-10)12-8-13-14-9(12)2/h4-8H,3H2,1-2H3,(H,13,14). The van der Waals surface area contributed by atoms with E-state index in [1.54, 1.807) is 0 Å². The molecule has 1 heterocycles. The van der Waals surface area contributed by atoms with Crippen molar-refractivity contribution in [1.29, 1.82) is 0 Å². The van der Waals surface area contributed by atoms with Gasteiger partial charge < -0.3 is 0 Å². The lowest BCUT2D eigenvalue weighted by Crippen LogP contribution is -1.81. The van der Waals surface area contributed by atoms with Crippen LogP contribution in [0.25, 0.3) is 11.1 Å². The molecule has 2 aromatic rings. The van der Waals surface area contributed by atoms with Gasteiger partial charge in [-0.25, -0.2) is 0 Å². The summed E-state index contributed by atoms with van der Waals surface area (Å²) in [6, 6.07) is 8.64. The van der Waals surface area contributed by atoms with E-state index >= 15 is 0 Å². The van der Waals surface area contributed by atoms with E-state index in [4.69, 9.17) is 0 Å². The van der Waals surface area contributed by atoms with Crippen molar-refractivity contribution < 1.29 is 0 Å². The maximum absolute atomic E-state index is 4.11. The number of aromatic amines is 1. The van der Waals surface area contributed by atoms with Gasteiger partial charge >= 0.3 is 0 Å². The van der Waals surface area contributed by atoms with Gasteiger partial charge in [-0.05, 0) is 24.5 Å². The molecule has 0 aliphatic carbocycles. The zero-order chi connectivity index (χ0) is 9.97. The van der Waals surface area contributed by atoms with Crippen LogP contribution in [0, 0.1) is 6.92 Å². The lowest BCUT2D eigenvalue weighted by molar-refractivity contribution is 1.05. The number of hydrogen-bond acceptors (Lipinski definition) is 1. The fraction of sp³-hybridized carbons (Fsp3) is 0.250. The van der Waals surface area contributed by atoms with Crippen LogP contribution in [-0.2, 0) is 6.42 Å². The third-order valence-corrected chi connectivity index (χ3v) is 2.50. The van der Waals surface area contributed by atoms with Crippen LogP contribution in [0.1, 0.15) is 18.2 Å². The van der Waals surface area contributed by atoms with Crippen molar-refractivity contribution in [2.24, 2.45) is 0 Å². The first-order chi connectivity index (χ1) is 6.81. The van der Waals surface area contributed by atoms with E-state index in [2.05, 4.69) is 41.4 Å². The van der Waals surface area contributed by atoms with Gasteiger partial charge in [-0.2, -0.15) is 5.10 Å². The van der Waals surface area contributed by atoms with Crippen molar-refractivity contribution in [3.8, 4) is 11.1 Å². The van der Waals surface area contributed by atoms with Crippen molar-refractivity contribution in [3.63, 3.8) is 0 Å². The molecule has 0 bridgehead atoms. The molecule has 2 heteroatoms. The lowest BCUT2D eigenvalue weighted by atomic mass is 10.0. The second kappa shape index (κ2) is 3.66. The Hall–Kier alpha value is -1.57. The maximum Gasteiger partial charge on any atom is 0.0669 e. The summed E-state index contributed by atoms with van der Waals surface area (Å²) in [6.07, 6.45) is 3.03. The predicted molar refractivity (Wildman–Crippen MR) is 58.1 cm³/mol. The molecular formula is C12H14N2. The number of H-pyrrole nitrogens is 1. The summed E-state index contributed by atoms with van der Waals surface area (Å²) in [6.45, 7) is 4.18. The van der Waals surface area contributed by atoms with E-state index in [1.807, 2.05) is 13.1 Å². The Morgan fingerprint density at radius 2 is 1.93 bits per heavy atom. The van der Waals surface area contributed by atoms with E-state index in [0.29, 0.717) is 0 Å². The Morgan fingerprint density at radius 3 is 2.43 bits per heavy atom. The summed E-state index contributed by atoms with van der Waals surface area (Å²) >= 11 is 0. The van der Waals surface area contributed by atoms with Gasteiger partial charge in [-0.1, -0.05) is 31.2 Å². The third kappa shape index (κ3) is 1.55. The summed E-state index contributed by atoms with van der Waals surface area (Å²) in [5.41, 5.74) is 4.84. The zero-order valence-electron chi connectivity index (χ0n) is 8.54. The molecule has 1 aromatic heterocycles. The number of benzene rings is 1. The predicted octanol–water partition coefficient (Wildman–Crippen LogP) is 2.95. The quantitative estimate of drug-likeness (QED) is 0.767. The molecule has 72 valence electrons. The van der Waals surface area contributed by atoms with Crippen LogP contribution in [0.15, 0.2) is 30.5 Å². The Balaban J connectivity index is 2.39. The van der Waals surface area contributed by atoms with Crippen LogP contribution in [-0.4, -0.2) is 10.2 Å². The monoisotopic (exact) mass is 186 g/mol. The SMILES string of the molecule is CCc1ccc(-c2c[nH]nc2C)cc1. The Morgan fingerprint density at radius 1 is 1.21 bits per heavy atom. The minimum Gasteiger partial charge on any atom is -0.285 e. The van der Waals surface area contributed by atoms with Crippen LogP contribution in [0.2, 0.25) is 0 Å². The number of aromatic nitrogens is 2. The van der Waals surface area contributed by atoms with Crippen LogP contribution in [0.5, 0.6) is 0 Å². The molecule has 0 saturated carbocycles. The number of nitrogens with zero attached hydrogens (tertiary/aromatic N) is 1. The molecule has 0 aliphatic heterocycles. The van der Waals surface area contributed by atoms with Crippen LogP contribution >= 0.6 is 0 Å². The summed E-state index contributed by atoms with van der Waals surface area (Å²) < 4.78 is 0. The first-order valence-electron chi connectivity index (χ1n) is 4.91. The van der Waals surface area contributed by atoms with Crippen molar-refractivity contribution in [3.05, 3.63) is 41.7 Å². The van der Waals surface area contributed by atoms with E-state index < -0.39 is 0 Å². The molecule has 0 radical (unpaired) electrons. The van der Waals surface area contributed by atoms with Gasteiger partial charge in [0.1, 0.15) is 0 Å². The second-order valence-corrected chi connectivity index (χ2v) is 3.43. The Labute approximate surface area is 84.0 Å². The third-order valence-electron chi connectivity index (χ3n) is 2.50. The van der Waals surface area contributed by atoms with E-state index in [9.17, 15) is 0 Å². The van der Waals surface area contributed by atoms with Gasteiger partial charge in [-0.15, -0.1) is 0 Å². The van der Waals surface area contributed by atoms with Gasteiger partial charge in [0.2, 0.25) is 0 Å². The highest BCUT2D eigenvalue weighted by Gasteiger charge is 2.02. The minimum atomic E-state index is 1.05. The fourth-order valence-corrected chi connectivity index (χ4v) is 1.57. The van der Waals surface area contributed by atoms with E-state index in [1.165, 1.54) is 16.7 Å². The first kappa shape index (κ1) is 9.00. The molecule has 0 spiro atoms. The van der Waals surface area contributed by atoms with Gasteiger partial charge in [-0.3, -0.25) is 5.10 Å². The summed E-state index contributed by atoms with van der Waals surface area (Å²) in [5.74, 6) is 0. The minimum absolute atomic E-state index is 1.05. The highest BCUT2D eigenvalue weighted by molar-refractivity contribution is 5.65. The zero-order valence-corrected chi connectivity index (χ0v) is 8.54. The first-order valence-corrected chi connectivity index (χ1v) is 4.91. The van der Waals surface area contributed by atoms with E-state index in [-0.39, 0.29) is 0 Å². The molecule has 0 aliphatic rings. The average Bonchev–Trinajstić information content (AvgIpc) is 2.65. The van der Waals surface area contributed by atoms with Gasteiger partial charge in [0, 0.05) is 11.8 Å². The molecular weight excluding hydrogens is 172 g/mol. The summed E-state index contributed by atoms with van der Waals surface area (Å²) in [7, 11) is 0. The Kier molecular flexibility index (Phi) is 2.35. The highest BCUT2D eigenvalue weighted by Crippen LogP contribution is 2.21. The number of nitrogens with one attached hydrogen (secondary N) is 1. The molecule has 1 N–H and O–H groups in total. The maximum atomic E-state index is 4.11. The highest BCUT2D eigenvalue weighted by atomic mass is 15.1. The molecule has 0 fully saturated rings. The van der Waals surface area contributed by atoms with Crippen LogP contribution < -0.4 is 0 Å². The number of rotatable bonds is 2.